The normalized spacial score (nSPS) is 9.81. The molecule has 1 aromatic rings. The van der Waals surface area contributed by atoms with Gasteiger partial charge in [0.05, 0.1) is 30.1 Å². The molecule has 118 valence electrons. The van der Waals surface area contributed by atoms with E-state index >= 15 is 0 Å². The maximum atomic E-state index is 10.1. The molecule has 0 radical (unpaired) electrons. The zero-order valence-electron chi connectivity index (χ0n) is 10.4. The Morgan fingerprint density at radius 1 is 0.619 bits per heavy atom. The van der Waals surface area contributed by atoms with E-state index in [1.54, 1.807) is 0 Å². The molecule has 4 nitrogen and oxygen atoms in total. The van der Waals surface area contributed by atoms with Crippen LogP contribution in [-0.2, 0) is 9.59 Å². The Labute approximate surface area is 151 Å². The van der Waals surface area contributed by atoms with E-state index < -0.39 is 11.8 Å². The number of rotatable bonds is 4. The Hall–Kier alpha value is -0.100. The Morgan fingerprint density at radius 2 is 0.810 bits per heavy atom. The minimum Gasteiger partial charge on any atom is -0.370 e. The largest absolute Gasteiger partial charge is 0.370 e. The molecule has 1 rings (SSSR count). The molecule has 0 aromatic heterocycles. The maximum Gasteiger partial charge on any atom is 0.217 e. The van der Waals surface area contributed by atoms with Gasteiger partial charge >= 0.3 is 0 Å². The molecule has 0 aliphatic carbocycles. The highest BCUT2D eigenvalue weighted by atomic mass is 35.5. The molecule has 4 N–H and O–H groups in total. The summed E-state index contributed by atoms with van der Waals surface area (Å²) in [4.78, 5) is 20.1. The predicted octanol–water partition coefficient (Wildman–Crippen LogP) is 4.73. The standard InChI is InChI=1S/C6Cl6.C5H10N2O2/c7-1-2(8)4(10)6(12)5(11)3(1)9;6-4(8)2-1-3-5(7)9/h;1-3H2,(H2,6,8)(H2,7,9). The van der Waals surface area contributed by atoms with E-state index in [2.05, 4.69) is 0 Å². The quantitative estimate of drug-likeness (QED) is 0.551. The van der Waals surface area contributed by atoms with Crippen LogP contribution in [0.3, 0.4) is 0 Å². The van der Waals surface area contributed by atoms with Gasteiger partial charge < -0.3 is 11.5 Å². The fourth-order valence-corrected chi connectivity index (χ4v) is 2.44. The van der Waals surface area contributed by atoms with Crippen LogP contribution in [0.5, 0.6) is 0 Å². The highest BCUT2D eigenvalue weighted by Crippen LogP contribution is 2.45. The fraction of sp³-hybridized carbons (Fsp3) is 0.273. The van der Waals surface area contributed by atoms with Gasteiger partial charge in [-0.3, -0.25) is 9.59 Å². The Balaban J connectivity index is 0.000000400. The van der Waals surface area contributed by atoms with Crippen LogP contribution < -0.4 is 11.5 Å². The smallest absolute Gasteiger partial charge is 0.217 e. The van der Waals surface area contributed by atoms with E-state index in [1.807, 2.05) is 0 Å². The first-order chi connectivity index (χ1) is 9.59. The van der Waals surface area contributed by atoms with Crippen molar-refractivity contribution in [1.82, 2.24) is 0 Å². The van der Waals surface area contributed by atoms with E-state index in [4.69, 9.17) is 81.1 Å². The number of hydrogen-bond acceptors (Lipinski definition) is 2. The number of hydrogen-bond donors (Lipinski definition) is 2. The van der Waals surface area contributed by atoms with Crippen molar-refractivity contribution in [3.05, 3.63) is 30.1 Å². The first kappa shape index (κ1) is 20.9. The van der Waals surface area contributed by atoms with Crippen molar-refractivity contribution >= 4 is 81.4 Å². The topological polar surface area (TPSA) is 86.2 Å². The molecule has 0 spiro atoms. The van der Waals surface area contributed by atoms with Crippen molar-refractivity contribution in [2.24, 2.45) is 11.5 Å². The molecule has 0 unspecified atom stereocenters. The van der Waals surface area contributed by atoms with E-state index in [0.717, 1.165) is 0 Å². The lowest BCUT2D eigenvalue weighted by molar-refractivity contribution is -0.119. The van der Waals surface area contributed by atoms with Crippen LogP contribution in [0.2, 0.25) is 30.1 Å². The second-order valence-corrected chi connectivity index (χ2v) is 5.94. The summed E-state index contributed by atoms with van der Waals surface area (Å²) in [5.74, 6) is -0.785. The van der Waals surface area contributed by atoms with Crippen LogP contribution in [0.25, 0.3) is 0 Å². The van der Waals surface area contributed by atoms with Crippen LogP contribution in [0.1, 0.15) is 19.3 Å². The summed E-state index contributed by atoms with van der Waals surface area (Å²) in [5, 5.41) is 0.654. The molecule has 1 aromatic carbocycles. The summed E-state index contributed by atoms with van der Waals surface area (Å²) < 4.78 is 0. The molecule has 0 bridgehead atoms. The first-order valence-electron chi connectivity index (χ1n) is 5.33. The van der Waals surface area contributed by atoms with Crippen molar-refractivity contribution in [3.8, 4) is 0 Å². The van der Waals surface area contributed by atoms with Gasteiger partial charge in [-0.05, 0) is 6.42 Å². The molecule has 0 aliphatic heterocycles. The molecule has 0 heterocycles. The van der Waals surface area contributed by atoms with Gasteiger partial charge in [0.25, 0.3) is 0 Å². The van der Waals surface area contributed by atoms with Crippen molar-refractivity contribution in [2.45, 2.75) is 19.3 Å². The number of amides is 2. The second kappa shape index (κ2) is 9.82. The van der Waals surface area contributed by atoms with E-state index in [-0.39, 0.29) is 43.0 Å². The van der Waals surface area contributed by atoms with E-state index in [9.17, 15) is 9.59 Å². The summed E-state index contributed by atoms with van der Waals surface area (Å²) in [7, 11) is 0. The summed E-state index contributed by atoms with van der Waals surface area (Å²) in [6, 6.07) is 0. The van der Waals surface area contributed by atoms with Gasteiger partial charge in [-0.25, -0.2) is 0 Å². The predicted molar refractivity (Wildman–Crippen MR) is 88.7 cm³/mol. The lowest BCUT2D eigenvalue weighted by Gasteiger charge is -2.06. The van der Waals surface area contributed by atoms with Crippen LogP contribution in [0.4, 0.5) is 0 Å². The molecule has 0 atom stereocenters. The average molecular weight is 415 g/mol. The van der Waals surface area contributed by atoms with Crippen LogP contribution in [0, 0.1) is 0 Å². The lowest BCUT2D eigenvalue weighted by atomic mass is 10.2. The number of benzene rings is 1. The van der Waals surface area contributed by atoms with Gasteiger partial charge in [0, 0.05) is 12.8 Å². The highest BCUT2D eigenvalue weighted by Gasteiger charge is 2.17. The number of carbonyl (C=O) groups excluding carboxylic acids is 2. The van der Waals surface area contributed by atoms with Crippen LogP contribution >= 0.6 is 69.6 Å². The molecule has 2 amide bonds. The third-order valence-corrected chi connectivity index (χ3v) is 4.85. The van der Waals surface area contributed by atoms with Crippen LogP contribution in [0.15, 0.2) is 0 Å². The Morgan fingerprint density at radius 3 is 0.952 bits per heavy atom. The molecule has 0 fully saturated rings. The van der Waals surface area contributed by atoms with Gasteiger partial charge in [0.15, 0.2) is 0 Å². The Kier molecular flexibility index (Phi) is 9.78. The summed E-state index contributed by atoms with van der Waals surface area (Å²) >= 11 is 34.0. The maximum absolute atomic E-state index is 10.1. The SMILES string of the molecule is Clc1c(Cl)c(Cl)c(Cl)c(Cl)c1Cl.NC(=O)CCCC(N)=O. The summed E-state index contributed by atoms with van der Waals surface area (Å²) in [5.41, 5.74) is 9.58. The molecule has 0 saturated heterocycles. The summed E-state index contributed by atoms with van der Waals surface area (Å²) in [6.07, 6.45) is 0.941. The number of halogens is 6. The molecule has 21 heavy (non-hydrogen) atoms. The third-order valence-electron chi connectivity index (χ3n) is 2.00. The minimum absolute atomic E-state index is 0.109. The van der Waals surface area contributed by atoms with Crippen molar-refractivity contribution in [2.75, 3.05) is 0 Å². The fourth-order valence-electron chi connectivity index (χ4n) is 1.01. The number of nitrogens with two attached hydrogens (primary N) is 2. The third kappa shape index (κ3) is 7.13. The monoisotopic (exact) mass is 412 g/mol. The zero-order valence-corrected chi connectivity index (χ0v) is 14.9. The number of primary amides is 2. The zero-order chi connectivity index (χ0) is 16.7. The van der Waals surface area contributed by atoms with Crippen molar-refractivity contribution in [1.29, 1.82) is 0 Å². The van der Waals surface area contributed by atoms with Gasteiger partial charge in [-0.15, -0.1) is 0 Å². The van der Waals surface area contributed by atoms with Gasteiger partial charge in [0.1, 0.15) is 0 Å². The summed E-state index contributed by atoms with van der Waals surface area (Å²) in [6.45, 7) is 0. The molecule has 0 saturated carbocycles. The first-order valence-corrected chi connectivity index (χ1v) is 7.59. The van der Waals surface area contributed by atoms with Gasteiger partial charge in [-0.2, -0.15) is 0 Å². The molecule has 0 aliphatic rings. The van der Waals surface area contributed by atoms with Crippen molar-refractivity contribution < 1.29 is 9.59 Å². The average Bonchev–Trinajstić information content (AvgIpc) is 2.41. The Bertz CT molecular complexity index is 431. The minimum atomic E-state index is -0.392. The molecular weight excluding hydrogens is 405 g/mol. The lowest BCUT2D eigenvalue weighted by Crippen LogP contribution is -2.14. The molecule has 10 heteroatoms. The van der Waals surface area contributed by atoms with E-state index in [1.165, 1.54) is 0 Å². The molecular formula is C11H10Cl6N2O2. The second-order valence-electron chi connectivity index (χ2n) is 3.67. The van der Waals surface area contributed by atoms with Crippen molar-refractivity contribution in [3.63, 3.8) is 0 Å². The van der Waals surface area contributed by atoms with Crippen LogP contribution in [-0.4, -0.2) is 11.8 Å². The van der Waals surface area contributed by atoms with Gasteiger partial charge in [0.2, 0.25) is 11.8 Å². The number of carbonyl (C=O) groups is 2. The highest BCUT2D eigenvalue weighted by molar-refractivity contribution is 6.59. The van der Waals surface area contributed by atoms with Gasteiger partial charge in [-0.1, -0.05) is 69.6 Å². The van der Waals surface area contributed by atoms with E-state index in [0.29, 0.717) is 6.42 Å².